The summed E-state index contributed by atoms with van der Waals surface area (Å²) in [6.07, 6.45) is 2.83. The third-order valence-electron chi connectivity index (χ3n) is 5.45. The van der Waals surface area contributed by atoms with Crippen LogP contribution in [-0.4, -0.2) is 59.4 Å². The fraction of sp³-hybridized carbons (Fsp3) is 0.455. The minimum atomic E-state index is -0.520. The van der Waals surface area contributed by atoms with Gasteiger partial charge in [-0.15, -0.1) is 0 Å². The van der Waals surface area contributed by atoms with Gasteiger partial charge in [0.15, 0.2) is 33.6 Å². The van der Waals surface area contributed by atoms with Gasteiger partial charge in [-0.1, -0.05) is 11.8 Å². The van der Waals surface area contributed by atoms with Crippen LogP contribution in [0.4, 0.5) is 10.6 Å². The van der Waals surface area contributed by atoms with Crippen LogP contribution < -0.4 is 5.73 Å². The monoisotopic (exact) mass is 550 g/mol. The highest BCUT2D eigenvalue weighted by Crippen LogP contribution is 2.40. The third-order valence-corrected chi connectivity index (χ3v) is 7.42. The number of aryl methyl sites for hydroxylation is 1. The lowest BCUT2D eigenvalue weighted by atomic mass is 10.1. The quantitative estimate of drug-likeness (QED) is 0.394. The molecule has 3 heterocycles. The van der Waals surface area contributed by atoms with Gasteiger partial charge >= 0.3 is 6.09 Å². The SMILES string of the molecule is CC(C)(C)OC(=O)N1CC[C@@H](CCn2c(Sc3cc(O)c(O)cc3Br)nc3c(N)ncnc32)C1. The molecule has 1 aliphatic rings. The number of amides is 1. The number of carbonyl (C=O) groups excluding carboxylic acids is 1. The van der Waals surface area contributed by atoms with E-state index in [-0.39, 0.29) is 23.4 Å². The maximum atomic E-state index is 12.4. The van der Waals surface area contributed by atoms with Gasteiger partial charge in [0.05, 0.1) is 0 Å². The minimum Gasteiger partial charge on any atom is -0.504 e. The number of hydrogen-bond acceptors (Lipinski definition) is 9. The number of anilines is 1. The third kappa shape index (κ3) is 5.33. The Bertz CT molecular complexity index is 1230. The predicted octanol–water partition coefficient (Wildman–Crippen LogP) is 4.38. The Balaban J connectivity index is 1.54. The van der Waals surface area contributed by atoms with Gasteiger partial charge in [-0.2, -0.15) is 0 Å². The lowest BCUT2D eigenvalue weighted by Crippen LogP contribution is -2.35. The molecule has 0 bridgehead atoms. The second-order valence-corrected chi connectivity index (χ2v) is 11.1. The summed E-state index contributed by atoms with van der Waals surface area (Å²) in [4.78, 5) is 27.9. The molecule has 0 saturated carbocycles. The Morgan fingerprint density at radius 2 is 2.03 bits per heavy atom. The summed E-state index contributed by atoms with van der Waals surface area (Å²) in [5, 5.41) is 20.3. The number of halogens is 1. The largest absolute Gasteiger partial charge is 0.504 e. The molecule has 34 heavy (non-hydrogen) atoms. The number of fused-ring (bicyclic) bond motifs is 1. The number of carbonyl (C=O) groups is 1. The Labute approximate surface area is 209 Å². The number of nitrogen functional groups attached to an aromatic ring is 1. The number of aromatic hydroxyl groups is 2. The van der Waals surface area contributed by atoms with Crippen molar-refractivity contribution in [2.24, 2.45) is 5.92 Å². The van der Waals surface area contributed by atoms with E-state index >= 15 is 0 Å². The number of ether oxygens (including phenoxy) is 1. The molecule has 1 atom stereocenters. The summed E-state index contributed by atoms with van der Waals surface area (Å²) in [6.45, 7) is 7.51. The second kappa shape index (κ2) is 9.49. The van der Waals surface area contributed by atoms with Crippen LogP contribution in [0.5, 0.6) is 11.5 Å². The van der Waals surface area contributed by atoms with Crippen LogP contribution in [0.1, 0.15) is 33.6 Å². The summed E-state index contributed by atoms with van der Waals surface area (Å²) >= 11 is 4.74. The van der Waals surface area contributed by atoms with Crippen molar-refractivity contribution in [3.05, 3.63) is 22.9 Å². The molecule has 1 aromatic carbocycles. The van der Waals surface area contributed by atoms with E-state index in [2.05, 4.69) is 30.9 Å². The first kappa shape index (κ1) is 24.4. The number of imidazole rings is 1. The van der Waals surface area contributed by atoms with Gasteiger partial charge in [-0.3, -0.25) is 0 Å². The van der Waals surface area contributed by atoms with E-state index in [1.54, 1.807) is 4.90 Å². The number of benzene rings is 1. The van der Waals surface area contributed by atoms with E-state index in [0.717, 1.165) is 12.8 Å². The van der Waals surface area contributed by atoms with Gasteiger partial charge in [0.1, 0.15) is 11.9 Å². The molecule has 1 fully saturated rings. The van der Waals surface area contributed by atoms with E-state index in [4.69, 9.17) is 10.5 Å². The number of hydrogen-bond donors (Lipinski definition) is 3. The average molecular weight is 551 g/mol. The fourth-order valence-electron chi connectivity index (χ4n) is 3.79. The van der Waals surface area contributed by atoms with E-state index in [9.17, 15) is 15.0 Å². The molecule has 1 saturated heterocycles. The normalized spacial score (nSPS) is 16.4. The Morgan fingerprint density at radius 3 is 2.76 bits per heavy atom. The standard InChI is InChI=1S/C22H27BrN6O4S/c1-22(2,3)33-21(32)28-6-4-12(10-28)5-7-29-19-17(18(24)25-11-26-19)27-20(29)34-16-9-15(31)14(30)8-13(16)23/h8-9,11-12,30-31H,4-7,10H2,1-3H3,(H2,24,25,26)/t12-/m0/s1. The molecular formula is C22H27BrN6O4S. The van der Waals surface area contributed by atoms with Crippen LogP contribution >= 0.6 is 27.7 Å². The smallest absolute Gasteiger partial charge is 0.410 e. The number of phenolic OH excluding ortho intramolecular Hbond substituents is 2. The second-order valence-electron chi connectivity index (χ2n) is 9.22. The van der Waals surface area contributed by atoms with Crippen molar-refractivity contribution >= 4 is 50.8 Å². The van der Waals surface area contributed by atoms with Crippen molar-refractivity contribution in [1.29, 1.82) is 0 Å². The van der Waals surface area contributed by atoms with E-state index in [1.807, 2.05) is 25.3 Å². The van der Waals surface area contributed by atoms with Crippen molar-refractivity contribution in [2.45, 2.75) is 55.8 Å². The van der Waals surface area contributed by atoms with Crippen LogP contribution in [0.15, 0.2) is 33.0 Å². The Kier molecular flexibility index (Phi) is 6.81. The van der Waals surface area contributed by atoms with Crippen molar-refractivity contribution in [3.63, 3.8) is 0 Å². The number of likely N-dealkylation sites (tertiary alicyclic amines) is 1. The molecule has 1 aliphatic heterocycles. The highest BCUT2D eigenvalue weighted by Gasteiger charge is 2.30. The summed E-state index contributed by atoms with van der Waals surface area (Å²) < 4.78 is 8.10. The number of phenols is 2. The molecule has 4 N–H and O–H groups in total. The van der Waals surface area contributed by atoms with Gasteiger partial charge in [0.2, 0.25) is 0 Å². The highest BCUT2D eigenvalue weighted by atomic mass is 79.9. The van der Waals surface area contributed by atoms with Crippen LogP contribution in [0, 0.1) is 5.92 Å². The van der Waals surface area contributed by atoms with Crippen LogP contribution in [0.3, 0.4) is 0 Å². The van der Waals surface area contributed by atoms with Crippen LogP contribution in [0.25, 0.3) is 11.2 Å². The molecule has 1 amide bonds. The van der Waals surface area contributed by atoms with E-state index in [0.29, 0.717) is 51.2 Å². The van der Waals surface area contributed by atoms with Gasteiger partial charge in [-0.05, 0) is 67.6 Å². The maximum Gasteiger partial charge on any atom is 0.410 e. The maximum absolute atomic E-state index is 12.4. The highest BCUT2D eigenvalue weighted by molar-refractivity contribution is 9.10. The number of aromatic nitrogens is 4. The molecule has 0 radical (unpaired) electrons. The first-order valence-electron chi connectivity index (χ1n) is 10.9. The molecule has 0 aliphatic carbocycles. The molecule has 3 aromatic rings. The zero-order valence-electron chi connectivity index (χ0n) is 19.2. The molecule has 4 rings (SSSR count). The van der Waals surface area contributed by atoms with Crippen molar-refractivity contribution in [3.8, 4) is 11.5 Å². The topological polar surface area (TPSA) is 140 Å². The molecule has 0 spiro atoms. The van der Waals surface area contributed by atoms with E-state index < -0.39 is 5.60 Å². The Morgan fingerprint density at radius 1 is 1.29 bits per heavy atom. The van der Waals surface area contributed by atoms with Gasteiger partial charge < -0.3 is 30.2 Å². The summed E-state index contributed by atoms with van der Waals surface area (Å²) in [5.74, 6) is 0.165. The number of nitrogens with two attached hydrogens (primary N) is 1. The lowest BCUT2D eigenvalue weighted by Gasteiger charge is -2.24. The molecule has 182 valence electrons. The van der Waals surface area contributed by atoms with Crippen molar-refractivity contribution in [2.75, 3.05) is 18.8 Å². The van der Waals surface area contributed by atoms with Gasteiger partial charge in [-0.25, -0.2) is 19.7 Å². The van der Waals surface area contributed by atoms with Gasteiger partial charge in [0.25, 0.3) is 0 Å². The Hall–Kier alpha value is -2.73. The first-order valence-corrected chi connectivity index (χ1v) is 12.5. The first-order chi connectivity index (χ1) is 16.0. The summed E-state index contributed by atoms with van der Waals surface area (Å²) in [7, 11) is 0. The number of nitrogens with zero attached hydrogens (tertiary/aromatic N) is 5. The summed E-state index contributed by atoms with van der Waals surface area (Å²) in [6, 6.07) is 2.90. The minimum absolute atomic E-state index is 0.212. The molecular weight excluding hydrogens is 524 g/mol. The molecule has 10 nitrogen and oxygen atoms in total. The average Bonchev–Trinajstić information content (AvgIpc) is 3.35. The number of rotatable bonds is 5. The molecule has 12 heteroatoms. The molecule has 0 unspecified atom stereocenters. The summed E-state index contributed by atoms with van der Waals surface area (Å²) in [5.41, 5.74) is 6.66. The van der Waals surface area contributed by atoms with Crippen LogP contribution in [0.2, 0.25) is 0 Å². The predicted molar refractivity (Wildman–Crippen MR) is 132 cm³/mol. The van der Waals surface area contributed by atoms with Crippen molar-refractivity contribution in [1.82, 2.24) is 24.4 Å². The lowest BCUT2D eigenvalue weighted by molar-refractivity contribution is 0.0287. The van der Waals surface area contributed by atoms with Crippen molar-refractivity contribution < 1.29 is 19.7 Å². The zero-order valence-corrected chi connectivity index (χ0v) is 21.6. The van der Waals surface area contributed by atoms with E-state index in [1.165, 1.54) is 30.2 Å². The fourth-order valence-corrected chi connectivity index (χ4v) is 5.32. The van der Waals surface area contributed by atoms with Gasteiger partial charge in [0, 0.05) is 29.0 Å². The zero-order chi connectivity index (χ0) is 24.6. The molecule has 2 aromatic heterocycles. The van der Waals surface area contributed by atoms with Crippen LogP contribution in [-0.2, 0) is 11.3 Å².